The van der Waals surface area contributed by atoms with Gasteiger partial charge < -0.3 is 15.1 Å². The predicted octanol–water partition coefficient (Wildman–Crippen LogP) is 2.62. The molecule has 1 heterocycles. The summed E-state index contributed by atoms with van der Waals surface area (Å²) in [5.74, 6) is 0.0257. The second-order valence-corrected chi connectivity index (χ2v) is 6.02. The predicted molar refractivity (Wildman–Crippen MR) is 94.9 cm³/mol. The summed E-state index contributed by atoms with van der Waals surface area (Å²) in [5, 5.41) is 3.07. The number of hydrogen-bond acceptors (Lipinski definition) is 3. The van der Waals surface area contributed by atoms with Gasteiger partial charge in [-0.2, -0.15) is 0 Å². The number of anilines is 2. The summed E-state index contributed by atoms with van der Waals surface area (Å²) in [5.41, 5.74) is 3.04. The monoisotopic (exact) mass is 309 g/mol. The van der Waals surface area contributed by atoms with Crippen LogP contribution in [-0.2, 0) is 11.2 Å². The Morgan fingerprint density at radius 1 is 0.957 bits per heavy atom. The highest BCUT2D eigenvalue weighted by Gasteiger charge is 2.17. The van der Waals surface area contributed by atoms with Crippen LogP contribution in [0.1, 0.15) is 5.56 Å². The molecule has 0 aliphatic carbocycles. The molecule has 4 heteroatoms. The van der Waals surface area contributed by atoms with E-state index in [9.17, 15) is 4.79 Å². The topological polar surface area (TPSA) is 35.6 Å². The third-order valence-electron chi connectivity index (χ3n) is 4.23. The first-order valence-electron chi connectivity index (χ1n) is 8.08. The van der Waals surface area contributed by atoms with E-state index in [0.29, 0.717) is 6.42 Å². The van der Waals surface area contributed by atoms with E-state index in [4.69, 9.17) is 0 Å². The Bertz CT molecular complexity index is 649. The van der Waals surface area contributed by atoms with E-state index in [1.165, 1.54) is 0 Å². The number of para-hydroxylation sites is 2. The lowest BCUT2D eigenvalue weighted by molar-refractivity contribution is -0.115. The van der Waals surface area contributed by atoms with Crippen LogP contribution in [0.3, 0.4) is 0 Å². The van der Waals surface area contributed by atoms with Crippen molar-refractivity contribution in [3.8, 4) is 0 Å². The lowest BCUT2D eigenvalue weighted by atomic mass is 10.1. The molecule has 120 valence electrons. The van der Waals surface area contributed by atoms with Crippen LogP contribution >= 0.6 is 0 Å². The molecule has 2 aromatic carbocycles. The van der Waals surface area contributed by atoms with E-state index >= 15 is 0 Å². The molecule has 0 aromatic heterocycles. The van der Waals surface area contributed by atoms with Gasteiger partial charge in [0.15, 0.2) is 0 Å². The van der Waals surface area contributed by atoms with Gasteiger partial charge in [0.05, 0.1) is 17.8 Å². The zero-order chi connectivity index (χ0) is 16.1. The van der Waals surface area contributed by atoms with Crippen molar-refractivity contribution in [1.82, 2.24) is 4.90 Å². The molecule has 0 radical (unpaired) electrons. The van der Waals surface area contributed by atoms with Crippen molar-refractivity contribution < 1.29 is 4.79 Å². The standard InChI is InChI=1S/C19H23N3O/c1-21-11-13-22(14-12-21)18-10-6-5-9-17(18)20-19(23)15-16-7-3-2-4-8-16/h2-10H,11-15H2,1H3,(H,20,23). The van der Waals surface area contributed by atoms with Crippen LogP contribution < -0.4 is 10.2 Å². The largest absolute Gasteiger partial charge is 0.367 e. The molecule has 1 N–H and O–H groups in total. The van der Waals surface area contributed by atoms with Crippen molar-refractivity contribution in [3.05, 3.63) is 60.2 Å². The number of likely N-dealkylation sites (N-methyl/N-ethyl adjacent to an activating group) is 1. The average molecular weight is 309 g/mol. The first-order valence-corrected chi connectivity index (χ1v) is 8.08. The number of nitrogens with zero attached hydrogens (tertiary/aromatic N) is 2. The zero-order valence-electron chi connectivity index (χ0n) is 13.5. The number of piperazine rings is 1. The molecule has 1 fully saturated rings. The van der Waals surface area contributed by atoms with Crippen molar-refractivity contribution >= 4 is 17.3 Å². The summed E-state index contributed by atoms with van der Waals surface area (Å²) in [4.78, 5) is 17.0. The average Bonchev–Trinajstić information content (AvgIpc) is 2.57. The minimum absolute atomic E-state index is 0.0257. The summed E-state index contributed by atoms with van der Waals surface area (Å²) in [7, 11) is 2.14. The van der Waals surface area contributed by atoms with E-state index < -0.39 is 0 Å². The molecule has 0 bridgehead atoms. The third kappa shape index (κ3) is 4.11. The molecule has 1 aliphatic rings. The highest BCUT2D eigenvalue weighted by molar-refractivity contribution is 5.95. The van der Waals surface area contributed by atoms with E-state index in [-0.39, 0.29) is 5.91 Å². The Hall–Kier alpha value is -2.33. The van der Waals surface area contributed by atoms with Gasteiger partial charge in [-0.1, -0.05) is 42.5 Å². The smallest absolute Gasteiger partial charge is 0.228 e. The summed E-state index contributed by atoms with van der Waals surface area (Å²) >= 11 is 0. The maximum absolute atomic E-state index is 12.3. The molecule has 1 aliphatic heterocycles. The Labute approximate surface area is 137 Å². The first-order chi connectivity index (χ1) is 11.2. The van der Waals surface area contributed by atoms with E-state index in [1.54, 1.807) is 0 Å². The molecule has 0 unspecified atom stereocenters. The van der Waals surface area contributed by atoms with Crippen LogP contribution in [0.15, 0.2) is 54.6 Å². The van der Waals surface area contributed by atoms with Crippen molar-refractivity contribution in [2.24, 2.45) is 0 Å². The Kier molecular flexibility index (Phi) is 4.93. The van der Waals surface area contributed by atoms with Gasteiger partial charge >= 0.3 is 0 Å². The highest BCUT2D eigenvalue weighted by Crippen LogP contribution is 2.26. The van der Waals surface area contributed by atoms with Gasteiger partial charge in [0.1, 0.15) is 0 Å². The van der Waals surface area contributed by atoms with Crippen LogP contribution in [0.25, 0.3) is 0 Å². The fraction of sp³-hybridized carbons (Fsp3) is 0.316. The Balaban J connectivity index is 1.69. The Morgan fingerprint density at radius 2 is 1.61 bits per heavy atom. The summed E-state index contributed by atoms with van der Waals surface area (Å²) in [6.45, 7) is 4.07. The Morgan fingerprint density at radius 3 is 2.35 bits per heavy atom. The summed E-state index contributed by atoms with van der Waals surface area (Å²) in [6.07, 6.45) is 0.401. The number of rotatable bonds is 4. The molecule has 0 saturated carbocycles. The van der Waals surface area contributed by atoms with Gasteiger partial charge in [-0.05, 0) is 24.7 Å². The number of carbonyl (C=O) groups is 1. The fourth-order valence-corrected chi connectivity index (χ4v) is 2.88. The van der Waals surface area contributed by atoms with Crippen LogP contribution in [0.4, 0.5) is 11.4 Å². The summed E-state index contributed by atoms with van der Waals surface area (Å²) in [6, 6.07) is 17.9. The van der Waals surface area contributed by atoms with Gasteiger partial charge in [0.2, 0.25) is 5.91 Å². The van der Waals surface area contributed by atoms with Crippen LogP contribution in [0.5, 0.6) is 0 Å². The zero-order valence-corrected chi connectivity index (χ0v) is 13.5. The van der Waals surface area contributed by atoms with Crippen LogP contribution in [0, 0.1) is 0 Å². The van der Waals surface area contributed by atoms with E-state index in [0.717, 1.165) is 43.1 Å². The van der Waals surface area contributed by atoms with Crippen LogP contribution in [0.2, 0.25) is 0 Å². The molecule has 0 atom stereocenters. The van der Waals surface area contributed by atoms with E-state index in [1.807, 2.05) is 48.5 Å². The normalized spacial score (nSPS) is 15.4. The van der Waals surface area contributed by atoms with E-state index in [2.05, 4.69) is 28.2 Å². The molecular weight excluding hydrogens is 286 g/mol. The quantitative estimate of drug-likeness (QED) is 0.943. The molecule has 0 spiro atoms. The molecule has 1 saturated heterocycles. The lowest BCUT2D eigenvalue weighted by Crippen LogP contribution is -2.44. The van der Waals surface area contributed by atoms with Gasteiger partial charge in [-0.25, -0.2) is 0 Å². The van der Waals surface area contributed by atoms with Gasteiger partial charge in [0, 0.05) is 26.2 Å². The molecule has 4 nitrogen and oxygen atoms in total. The molecule has 1 amide bonds. The maximum Gasteiger partial charge on any atom is 0.228 e. The van der Waals surface area contributed by atoms with Gasteiger partial charge in [0.25, 0.3) is 0 Å². The number of amides is 1. The second kappa shape index (κ2) is 7.29. The fourth-order valence-electron chi connectivity index (χ4n) is 2.88. The van der Waals surface area contributed by atoms with Gasteiger partial charge in [-0.15, -0.1) is 0 Å². The second-order valence-electron chi connectivity index (χ2n) is 6.02. The van der Waals surface area contributed by atoms with Crippen molar-refractivity contribution in [2.45, 2.75) is 6.42 Å². The number of nitrogens with one attached hydrogen (secondary N) is 1. The third-order valence-corrected chi connectivity index (χ3v) is 4.23. The number of hydrogen-bond donors (Lipinski definition) is 1. The van der Waals surface area contributed by atoms with Crippen molar-refractivity contribution in [1.29, 1.82) is 0 Å². The SMILES string of the molecule is CN1CCN(c2ccccc2NC(=O)Cc2ccccc2)CC1. The number of benzene rings is 2. The maximum atomic E-state index is 12.3. The molecule has 2 aromatic rings. The lowest BCUT2D eigenvalue weighted by Gasteiger charge is -2.35. The molecule has 23 heavy (non-hydrogen) atoms. The highest BCUT2D eigenvalue weighted by atomic mass is 16.1. The first kappa shape index (κ1) is 15.6. The molecular formula is C19H23N3O. The minimum atomic E-state index is 0.0257. The van der Waals surface area contributed by atoms with Crippen LogP contribution in [-0.4, -0.2) is 44.0 Å². The molecule has 3 rings (SSSR count). The van der Waals surface area contributed by atoms with Gasteiger partial charge in [-0.3, -0.25) is 4.79 Å². The number of carbonyl (C=O) groups excluding carboxylic acids is 1. The summed E-state index contributed by atoms with van der Waals surface area (Å²) < 4.78 is 0. The van der Waals surface area contributed by atoms with Crippen molar-refractivity contribution in [2.75, 3.05) is 43.4 Å². The van der Waals surface area contributed by atoms with Crippen molar-refractivity contribution in [3.63, 3.8) is 0 Å². The minimum Gasteiger partial charge on any atom is -0.367 e.